The van der Waals surface area contributed by atoms with Crippen LogP contribution in [-0.2, 0) is 23.1 Å². The number of piperidine rings is 1. The lowest BCUT2D eigenvalue weighted by Gasteiger charge is -2.36. The predicted molar refractivity (Wildman–Crippen MR) is 98.6 cm³/mol. The molecule has 1 amide bonds. The van der Waals surface area contributed by atoms with Crippen LogP contribution in [0.3, 0.4) is 0 Å². The van der Waals surface area contributed by atoms with Crippen molar-refractivity contribution in [3.05, 3.63) is 23.5 Å². The number of hydrogen-bond acceptors (Lipinski definition) is 5. The van der Waals surface area contributed by atoms with E-state index in [0.29, 0.717) is 19.1 Å². The lowest BCUT2D eigenvalue weighted by Crippen LogP contribution is -2.48. The second-order valence-electron chi connectivity index (χ2n) is 7.44. The normalized spacial score (nSPS) is 22.1. The molecule has 0 saturated carbocycles. The summed E-state index contributed by atoms with van der Waals surface area (Å²) in [7, 11) is 1.93. The molecular weight excluding hydrogens is 330 g/mol. The van der Waals surface area contributed by atoms with Crippen LogP contribution in [-0.4, -0.2) is 69.9 Å². The Morgan fingerprint density at radius 2 is 2.12 bits per heavy atom. The molecule has 7 nitrogen and oxygen atoms in total. The molecule has 4 rings (SSSR count). The number of amides is 1. The predicted octanol–water partition coefficient (Wildman–Crippen LogP) is 1.35. The minimum absolute atomic E-state index is 0.110. The number of likely N-dealkylation sites (tertiary alicyclic amines) is 1. The molecule has 2 aromatic rings. The number of carbonyl (C=O) groups excluding carboxylic acids is 1. The van der Waals surface area contributed by atoms with Gasteiger partial charge in [-0.1, -0.05) is 0 Å². The SMILES string of the molecule is Cc1nn(C)c2ncc(CN3CCC[C@H](C(=O)N4CCOCC4)C3)cc12. The Morgan fingerprint density at radius 1 is 1.31 bits per heavy atom. The van der Waals surface area contributed by atoms with Gasteiger partial charge in [0.1, 0.15) is 0 Å². The van der Waals surface area contributed by atoms with Gasteiger partial charge in [0.05, 0.1) is 24.8 Å². The van der Waals surface area contributed by atoms with Crippen LogP contribution in [0.4, 0.5) is 0 Å². The average molecular weight is 357 g/mol. The first kappa shape index (κ1) is 17.4. The monoisotopic (exact) mass is 357 g/mol. The van der Waals surface area contributed by atoms with Crippen molar-refractivity contribution in [2.24, 2.45) is 13.0 Å². The van der Waals surface area contributed by atoms with Gasteiger partial charge < -0.3 is 9.64 Å². The molecule has 0 N–H and O–H groups in total. The van der Waals surface area contributed by atoms with E-state index in [2.05, 4.69) is 21.0 Å². The van der Waals surface area contributed by atoms with Crippen LogP contribution in [0.15, 0.2) is 12.3 Å². The van der Waals surface area contributed by atoms with Gasteiger partial charge in [-0.05, 0) is 37.9 Å². The Balaban J connectivity index is 1.43. The maximum absolute atomic E-state index is 12.8. The van der Waals surface area contributed by atoms with Crippen molar-refractivity contribution >= 4 is 16.9 Å². The van der Waals surface area contributed by atoms with E-state index in [9.17, 15) is 4.79 Å². The summed E-state index contributed by atoms with van der Waals surface area (Å²) in [5.74, 6) is 0.411. The number of pyridine rings is 1. The molecule has 0 bridgehead atoms. The van der Waals surface area contributed by atoms with Crippen molar-refractivity contribution in [2.45, 2.75) is 26.3 Å². The number of hydrogen-bond donors (Lipinski definition) is 0. The van der Waals surface area contributed by atoms with Crippen LogP contribution in [0.1, 0.15) is 24.1 Å². The highest BCUT2D eigenvalue weighted by Crippen LogP contribution is 2.23. The number of ether oxygens (including phenoxy) is 1. The van der Waals surface area contributed by atoms with E-state index >= 15 is 0 Å². The van der Waals surface area contributed by atoms with E-state index in [1.807, 2.05) is 29.7 Å². The molecule has 4 heterocycles. The molecule has 0 spiro atoms. The van der Waals surface area contributed by atoms with Gasteiger partial charge in [0.15, 0.2) is 5.65 Å². The molecule has 2 saturated heterocycles. The van der Waals surface area contributed by atoms with Crippen LogP contribution >= 0.6 is 0 Å². The number of nitrogens with zero attached hydrogens (tertiary/aromatic N) is 5. The Kier molecular flexibility index (Phi) is 4.91. The smallest absolute Gasteiger partial charge is 0.227 e. The fourth-order valence-electron chi connectivity index (χ4n) is 4.14. The third-order valence-electron chi connectivity index (χ3n) is 5.50. The molecule has 140 valence electrons. The number of aryl methyl sites for hydroxylation is 2. The molecule has 2 fully saturated rings. The summed E-state index contributed by atoms with van der Waals surface area (Å²) in [6, 6.07) is 2.19. The highest BCUT2D eigenvalue weighted by Gasteiger charge is 2.30. The highest BCUT2D eigenvalue weighted by atomic mass is 16.5. The van der Waals surface area contributed by atoms with Crippen molar-refractivity contribution in [2.75, 3.05) is 39.4 Å². The maximum atomic E-state index is 12.8. The summed E-state index contributed by atoms with van der Waals surface area (Å²) < 4.78 is 7.19. The van der Waals surface area contributed by atoms with Gasteiger partial charge in [-0.15, -0.1) is 0 Å². The summed E-state index contributed by atoms with van der Waals surface area (Å²) in [5.41, 5.74) is 3.12. The zero-order chi connectivity index (χ0) is 18.1. The second-order valence-corrected chi connectivity index (χ2v) is 7.44. The van der Waals surface area contributed by atoms with Gasteiger partial charge in [0, 0.05) is 44.8 Å². The Bertz CT molecular complexity index is 797. The maximum Gasteiger partial charge on any atom is 0.227 e. The molecule has 0 radical (unpaired) electrons. The average Bonchev–Trinajstić information content (AvgIpc) is 2.95. The third-order valence-corrected chi connectivity index (χ3v) is 5.50. The summed E-state index contributed by atoms with van der Waals surface area (Å²) in [4.78, 5) is 21.7. The van der Waals surface area contributed by atoms with Gasteiger partial charge in [-0.3, -0.25) is 14.4 Å². The lowest BCUT2D eigenvalue weighted by molar-refractivity contribution is -0.141. The van der Waals surface area contributed by atoms with Crippen molar-refractivity contribution < 1.29 is 9.53 Å². The van der Waals surface area contributed by atoms with E-state index < -0.39 is 0 Å². The minimum atomic E-state index is 0.110. The Hall–Kier alpha value is -1.99. The first-order valence-corrected chi connectivity index (χ1v) is 9.49. The second kappa shape index (κ2) is 7.32. The largest absolute Gasteiger partial charge is 0.378 e. The van der Waals surface area contributed by atoms with E-state index in [4.69, 9.17) is 4.74 Å². The van der Waals surface area contributed by atoms with E-state index in [-0.39, 0.29) is 5.92 Å². The van der Waals surface area contributed by atoms with Crippen LogP contribution in [0, 0.1) is 12.8 Å². The zero-order valence-electron chi connectivity index (χ0n) is 15.6. The molecule has 0 aromatic carbocycles. The molecule has 2 aliphatic rings. The summed E-state index contributed by atoms with van der Waals surface area (Å²) >= 11 is 0. The van der Waals surface area contributed by atoms with Crippen LogP contribution in [0.2, 0.25) is 0 Å². The Labute approximate surface area is 153 Å². The number of carbonyl (C=O) groups is 1. The first-order valence-electron chi connectivity index (χ1n) is 9.49. The molecular formula is C19H27N5O2. The minimum Gasteiger partial charge on any atom is -0.378 e. The first-order chi connectivity index (χ1) is 12.6. The highest BCUT2D eigenvalue weighted by molar-refractivity contribution is 5.79. The topological polar surface area (TPSA) is 63.5 Å². The van der Waals surface area contributed by atoms with Gasteiger partial charge in [0.2, 0.25) is 5.91 Å². The lowest BCUT2D eigenvalue weighted by atomic mass is 9.96. The molecule has 2 aliphatic heterocycles. The zero-order valence-corrected chi connectivity index (χ0v) is 15.6. The fourth-order valence-corrected chi connectivity index (χ4v) is 4.14. The van der Waals surface area contributed by atoms with Gasteiger partial charge >= 0.3 is 0 Å². The van der Waals surface area contributed by atoms with Gasteiger partial charge in [-0.25, -0.2) is 4.98 Å². The van der Waals surface area contributed by atoms with Gasteiger partial charge in [-0.2, -0.15) is 5.10 Å². The quantitative estimate of drug-likeness (QED) is 0.830. The molecule has 2 aromatic heterocycles. The van der Waals surface area contributed by atoms with Crippen molar-refractivity contribution in [3.63, 3.8) is 0 Å². The summed E-state index contributed by atoms with van der Waals surface area (Å²) in [5, 5.41) is 5.56. The van der Waals surface area contributed by atoms with Crippen molar-refractivity contribution in [1.82, 2.24) is 24.6 Å². The van der Waals surface area contributed by atoms with Crippen molar-refractivity contribution in [3.8, 4) is 0 Å². The van der Waals surface area contributed by atoms with E-state index in [1.54, 1.807) is 0 Å². The molecule has 0 unspecified atom stereocenters. The molecule has 7 heteroatoms. The standard InChI is InChI=1S/C19H27N5O2/c1-14-17-10-15(11-20-18(17)22(2)21-14)12-23-5-3-4-16(13-23)19(25)24-6-8-26-9-7-24/h10-11,16H,3-9,12-13H2,1-2H3/t16-/m0/s1. The summed E-state index contributed by atoms with van der Waals surface area (Å²) in [6.45, 7) is 7.52. The Morgan fingerprint density at radius 3 is 2.92 bits per heavy atom. The fraction of sp³-hybridized carbons (Fsp3) is 0.632. The van der Waals surface area contributed by atoms with Crippen LogP contribution in [0.25, 0.3) is 11.0 Å². The number of rotatable bonds is 3. The third kappa shape index (κ3) is 3.46. The summed E-state index contributed by atoms with van der Waals surface area (Å²) in [6.07, 6.45) is 4.00. The van der Waals surface area contributed by atoms with E-state index in [1.165, 1.54) is 5.56 Å². The molecule has 1 atom stereocenters. The molecule has 26 heavy (non-hydrogen) atoms. The van der Waals surface area contributed by atoms with E-state index in [0.717, 1.165) is 62.3 Å². The van der Waals surface area contributed by atoms with Crippen molar-refractivity contribution in [1.29, 1.82) is 0 Å². The number of morpholine rings is 1. The number of fused-ring (bicyclic) bond motifs is 1. The van der Waals surface area contributed by atoms with Gasteiger partial charge in [0.25, 0.3) is 0 Å². The molecule has 0 aliphatic carbocycles. The van der Waals surface area contributed by atoms with Crippen LogP contribution < -0.4 is 0 Å². The number of aromatic nitrogens is 3. The van der Waals surface area contributed by atoms with Crippen LogP contribution in [0.5, 0.6) is 0 Å².